The van der Waals surface area contributed by atoms with Gasteiger partial charge in [-0.25, -0.2) is 0 Å². The van der Waals surface area contributed by atoms with Crippen molar-refractivity contribution < 1.29 is 14.4 Å². The summed E-state index contributed by atoms with van der Waals surface area (Å²) in [6.07, 6.45) is 1.10. The van der Waals surface area contributed by atoms with E-state index in [4.69, 9.17) is 0 Å². The number of β-lactam (4-membered cyclic amide) rings is 1. The van der Waals surface area contributed by atoms with Gasteiger partial charge in [-0.15, -0.1) is 0 Å². The number of rotatable bonds is 5. The largest absolute Gasteiger partial charge is 0.335 e. The van der Waals surface area contributed by atoms with Gasteiger partial charge in [0.05, 0.1) is 11.1 Å². The predicted molar refractivity (Wildman–Crippen MR) is 91.8 cm³/mol. The number of imide groups is 1. The van der Waals surface area contributed by atoms with Gasteiger partial charge < -0.3 is 4.90 Å². The Morgan fingerprint density at radius 1 is 0.840 bits per heavy atom. The summed E-state index contributed by atoms with van der Waals surface area (Å²) in [5.74, 6) is -0.349. The van der Waals surface area contributed by atoms with Crippen LogP contribution in [0.3, 0.4) is 0 Å². The summed E-state index contributed by atoms with van der Waals surface area (Å²) in [6.45, 7) is 0.919. The maximum atomic E-state index is 12.4. The Morgan fingerprint density at radius 3 is 2.04 bits per heavy atom. The first-order valence-electron chi connectivity index (χ1n) is 8.44. The number of amides is 3. The van der Waals surface area contributed by atoms with Crippen LogP contribution in [-0.4, -0.2) is 40.1 Å². The highest BCUT2D eigenvalue weighted by Gasteiger charge is 2.39. The Labute approximate surface area is 145 Å². The SMILES string of the molecule is O=C1c2ccccc2C(=O)N1CC[C@@H]1CC(=O)N1Cc1ccccc1. The van der Waals surface area contributed by atoms with E-state index in [0.717, 1.165) is 5.56 Å². The van der Waals surface area contributed by atoms with Gasteiger partial charge in [-0.05, 0) is 24.1 Å². The molecule has 0 aliphatic carbocycles. The van der Waals surface area contributed by atoms with Crippen LogP contribution < -0.4 is 0 Å². The second kappa shape index (κ2) is 6.16. The molecule has 0 bridgehead atoms. The van der Waals surface area contributed by atoms with Crippen molar-refractivity contribution in [2.24, 2.45) is 0 Å². The second-order valence-corrected chi connectivity index (χ2v) is 6.46. The highest BCUT2D eigenvalue weighted by Crippen LogP contribution is 2.27. The molecule has 126 valence electrons. The zero-order chi connectivity index (χ0) is 17.4. The van der Waals surface area contributed by atoms with Crippen molar-refractivity contribution >= 4 is 17.7 Å². The van der Waals surface area contributed by atoms with Gasteiger partial charge in [0.15, 0.2) is 0 Å². The maximum absolute atomic E-state index is 12.4. The Balaban J connectivity index is 1.40. The number of carbonyl (C=O) groups excluding carboxylic acids is 3. The number of benzene rings is 2. The molecule has 5 heteroatoms. The van der Waals surface area contributed by atoms with E-state index < -0.39 is 0 Å². The molecule has 5 nitrogen and oxygen atoms in total. The average Bonchev–Trinajstić information content (AvgIpc) is 2.89. The van der Waals surface area contributed by atoms with Gasteiger partial charge in [0, 0.05) is 25.6 Å². The zero-order valence-electron chi connectivity index (χ0n) is 13.7. The molecule has 1 fully saturated rings. The Kier molecular flexibility index (Phi) is 3.84. The fourth-order valence-electron chi connectivity index (χ4n) is 3.50. The molecule has 0 saturated carbocycles. The van der Waals surface area contributed by atoms with Crippen molar-refractivity contribution in [3.05, 3.63) is 71.3 Å². The van der Waals surface area contributed by atoms with Crippen LogP contribution in [0.5, 0.6) is 0 Å². The van der Waals surface area contributed by atoms with Crippen molar-refractivity contribution in [3.8, 4) is 0 Å². The lowest BCUT2D eigenvalue weighted by molar-refractivity contribution is -0.147. The van der Waals surface area contributed by atoms with Gasteiger partial charge in [-0.1, -0.05) is 42.5 Å². The zero-order valence-corrected chi connectivity index (χ0v) is 13.7. The van der Waals surface area contributed by atoms with E-state index in [-0.39, 0.29) is 23.8 Å². The standard InChI is InChI=1S/C20H18N2O3/c23-18-12-15(22(18)13-14-6-2-1-3-7-14)10-11-21-19(24)16-8-4-5-9-17(16)20(21)25/h1-9,15H,10-13H2/t15-/m1/s1. The number of nitrogens with zero attached hydrogens (tertiary/aromatic N) is 2. The summed E-state index contributed by atoms with van der Waals surface area (Å²) in [4.78, 5) is 39.8. The molecule has 0 spiro atoms. The van der Waals surface area contributed by atoms with Crippen LogP contribution in [0, 0.1) is 0 Å². The monoisotopic (exact) mass is 334 g/mol. The van der Waals surface area contributed by atoms with Gasteiger partial charge in [0.2, 0.25) is 5.91 Å². The first-order valence-corrected chi connectivity index (χ1v) is 8.44. The second-order valence-electron chi connectivity index (χ2n) is 6.46. The third-order valence-electron chi connectivity index (χ3n) is 4.93. The normalized spacial score (nSPS) is 19.2. The number of hydrogen-bond donors (Lipinski definition) is 0. The summed E-state index contributed by atoms with van der Waals surface area (Å²) >= 11 is 0. The molecule has 0 N–H and O–H groups in total. The Bertz CT molecular complexity index is 812. The molecule has 1 saturated heterocycles. The Hall–Kier alpha value is -2.95. The molecule has 2 aromatic carbocycles. The minimum absolute atomic E-state index is 0.0806. The maximum Gasteiger partial charge on any atom is 0.261 e. The molecule has 2 heterocycles. The number of hydrogen-bond acceptors (Lipinski definition) is 3. The molecule has 2 aromatic rings. The molecular formula is C20H18N2O3. The minimum atomic E-state index is -0.235. The minimum Gasteiger partial charge on any atom is -0.335 e. The molecular weight excluding hydrogens is 316 g/mol. The number of carbonyl (C=O) groups is 3. The van der Waals surface area contributed by atoms with Crippen LogP contribution in [0.25, 0.3) is 0 Å². The highest BCUT2D eigenvalue weighted by atomic mass is 16.2. The van der Waals surface area contributed by atoms with E-state index in [0.29, 0.717) is 37.1 Å². The number of likely N-dealkylation sites (tertiary alicyclic amines) is 1. The van der Waals surface area contributed by atoms with Crippen LogP contribution in [-0.2, 0) is 11.3 Å². The van der Waals surface area contributed by atoms with E-state index >= 15 is 0 Å². The van der Waals surface area contributed by atoms with E-state index in [1.165, 1.54) is 4.90 Å². The predicted octanol–water partition coefficient (Wildman–Crippen LogP) is 2.47. The van der Waals surface area contributed by atoms with Gasteiger partial charge in [0.25, 0.3) is 11.8 Å². The van der Waals surface area contributed by atoms with Crippen molar-refractivity contribution in [3.63, 3.8) is 0 Å². The average molecular weight is 334 g/mol. The van der Waals surface area contributed by atoms with Gasteiger partial charge in [-0.3, -0.25) is 19.3 Å². The lowest BCUT2D eigenvalue weighted by Crippen LogP contribution is -2.53. The molecule has 3 amide bonds. The van der Waals surface area contributed by atoms with Crippen LogP contribution in [0.1, 0.15) is 39.1 Å². The summed E-state index contributed by atoms with van der Waals surface area (Å²) in [6, 6.07) is 16.8. The van der Waals surface area contributed by atoms with Crippen molar-refractivity contribution in [2.45, 2.75) is 25.4 Å². The molecule has 25 heavy (non-hydrogen) atoms. The van der Waals surface area contributed by atoms with Crippen LogP contribution >= 0.6 is 0 Å². The summed E-state index contributed by atoms with van der Waals surface area (Å²) in [5, 5.41) is 0. The summed E-state index contributed by atoms with van der Waals surface area (Å²) in [7, 11) is 0. The Morgan fingerprint density at radius 2 is 1.44 bits per heavy atom. The van der Waals surface area contributed by atoms with E-state index in [1.54, 1.807) is 24.3 Å². The first-order chi connectivity index (χ1) is 12.1. The van der Waals surface area contributed by atoms with Gasteiger partial charge in [-0.2, -0.15) is 0 Å². The molecule has 0 unspecified atom stereocenters. The fourth-order valence-corrected chi connectivity index (χ4v) is 3.50. The smallest absolute Gasteiger partial charge is 0.261 e. The van der Waals surface area contributed by atoms with Crippen LogP contribution in [0.15, 0.2) is 54.6 Å². The van der Waals surface area contributed by atoms with Crippen molar-refractivity contribution in [2.75, 3.05) is 6.54 Å². The first kappa shape index (κ1) is 15.6. The summed E-state index contributed by atoms with van der Waals surface area (Å²) < 4.78 is 0. The van der Waals surface area contributed by atoms with Crippen LogP contribution in [0.4, 0.5) is 0 Å². The molecule has 2 aliphatic heterocycles. The molecule has 0 radical (unpaired) electrons. The number of fused-ring (bicyclic) bond motifs is 1. The third-order valence-corrected chi connectivity index (χ3v) is 4.93. The molecule has 2 aliphatic rings. The van der Waals surface area contributed by atoms with Crippen LogP contribution in [0.2, 0.25) is 0 Å². The molecule has 1 atom stereocenters. The van der Waals surface area contributed by atoms with Crippen molar-refractivity contribution in [1.29, 1.82) is 0 Å². The van der Waals surface area contributed by atoms with Gasteiger partial charge in [0.1, 0.15) is 0 Å². The molecule has 4 rings (SSSR count). The van der Waals surface area contributed by atoms with E-state index in [9.17, 15) is 14.4 Å². The quantitative estimate of drug-likeness (QED) is 0.623. The molecule has 0 aromatic heterocycles. The summed E-state index contributed by atoms with van der Waals surface area (Å²) in [5.41, 5.74) is 2.03. The van der Waals surface area contributed by atoms with Gasteiger partial charge >= 0.3 is 0 Å². The lowest BCUT2D eigenvalue weighted by atomic mass is 9.97. The van der Waals surface area contributed by atoms with E-state index in [2.05, 4.69) is 0 Å². The third kappa shape index (κ3) is 2.71. The topological polar surface area (TPSA) is 57.7 Å². The fraction of sp³-hybridized carbons (Fsp3) is 0.250. The lowest BCUT2D eigenvalue weighted by Gasteiger charge is -2.41. The van der Waals surface area contributed by atoms with E-state index in [1.807, 2.05) is 35.2 Å². The van der Waals surface area contributed by atoms with Crippen molar-refractivity contribution in [1.82, 2.24) is 9.80 Å². The highest BCUT2D eigenvalue weighted by molar-refractivity contribution is 6.21.